The van der Waals surface area contributed by atoms with E-state index in [4.69, 9.17) is 9.47 Å². The van der Waals surface area contributed by atoms with Gasteiger partial charge in [-0.15, -0.1) is 0 Å². The lowest BCUT2D eigenvalue weighted by Crippen LogP contribution is -2.40. The molecule has 0 saturated carbocycles. The molecule has 2 N–H and O–H groups in total. The quantitative estimate of drug-likeness (QED) is 0.633. The Bertz CT molecular complexity index is 760. The minimum absolute atomic E-state index is 0.00122. The molecule has 0 radical (unpaired) electrons. The van der Waals surface area contributed by atoms with Gasteiger partial charge in [0.25, 0.3) is 0 Å². The van der Waals surface area contributed by atoms with Gasteiger partial charge in [-0.2, -0.15) is 0 Å². The molecular formula is C20H24O6. The Hall–Kier alpha value is -2.60. The van der Waals surface area contributed by atoms with E-state index in [1.54, 1.807) is 32.9 Å². The van der Waals surface area contributed by atoms with Crippen molar-refractivity contribution in [2.45, 2.75) is 39.4 Å². The third-order valence-electron chi connectivity index (χ3n) is 4.45. The van der Waals surface area contributed by atoms with E-state index in [0.717, 1.165) is 0 Å². The maximum Gasteiger partial charge on any atom is 0.331 e. The first-order valence-electron chi connectivity index (χ1n) is 8.29. The van der Waals surface area contributed by atoms with E-state index < -0.39 is 23.6 Å². The fraction of sp³-hybridized carbons (Fsp3) is 0.400. The molecule has 2 atom stereocenters. The van der Waals surface area contributed by atoms with E-state index in [1.165, 1.54) is 31.4 Å². The van der Waals surface area contributed by atoms with Crippen LogP contribution in [0.4, 0.5) is 0 Å². The van der Waals surface area contributed by atoms with Crippen molar-refractivity contribution in [3.05, 3.63) is 41.5 Å². The fourth-order valence-electron chi connectivity index (χ4n) is 2.77. The maximum absolute atomic E-state index is 12.1. The van der Waals surface area contributed by atoms with Crippen LogP contribution in [0.5, 0.6) is 11.5 Å². The zero-order valence-corrected chi connectivity index (χ0v) is 15.4. The average molecular weight is 360 g/mol. The number of aromatic hydroxyl groups is 1. The van der Waals surface area contributed by atoms with Crippen molar-refractivity contribution in [3.8, 4) is 11.5 Å². The molecule has 6 heteroatoms. The highest BCUT2D eigenvalue weighted by molar-refractivity contribution is 5.96. The standard InChI is InChI=1S/C20H24O6/c1-12-9-17(19(24)20(2,3)11-15(12)22)26-18(23)8-6-13-5-7-14(21)16(10-13)25-4/h5-10,17,19,21,24H,11H2,1-4H3/b8-6+. The van der Waals surface area contributed by atoms with Crippen LogP contribution in [-0.2, 0) is 14.3 Å². The monoisotopic (exact) mass is 360 g/mol. The second-order valence-electron chi connectivity index (χ2n) is 7.05. The number of phenolic OH excluding ortho intramolecular Hbond substituents is 1. The maximum atomic E-state index is 12.1. The van der Waals surface area contributed by atoms with Gasteiger partial charge in [0, 0.05) is 17.9 Å². The second-order valence-corrected chi connectivity index (χ2v) is 7.05. The van der Waals surface area contributed by atoms with Crippen LogP contribution in [0.15, 0.2) is 35.9 Å². The van der Waals surface area contributed by atoms with E-state index >= 15 is 0 Å². The number of rotatable bonds is 4. The molecule has 0 bridgehead atoms. The van der Waals surface area contributed by atoms with E-state index in [2.05, 4.69) is 0 Å². The first-order chi connectivity index (χ1) is 12.1. The van der Waals surface area contributed by atoms with Crippen molar-refractivity contribution in [1.82, 2.24) is 0 Å². The molecule has 0 aliphatic heterocycles. The smallest absolute Gasteiger partial charge is 0.331 e. The van der Waals surface area contributed by atoms with Crippen molar-refractivity contribution in [3.63, 3.8) is 0 Å². The van der Waals surface area contributed by atoms with Crippen LogP contribution in [0, 0.1) is 5.41 Å². The molecule has 0 aromatic heterocycles. The molecule has 0 saturated heterocycles. The molecule has 0 heterocycles. The van der Waals surface area contributed by atoms with Crippen LogP contribution < -0.4 is 4.74 Å². The number of hydrogen-bond donors (Lipinski definition) is 2. The molecule has 140 valence electrons. The SMILES string of the molecule is COc1cc(/C=C/C(=O)OC2C=C(C)C(=O)CC(C)(C)C2O)ccc1O. The lowest BCUT2D eigenvalue weighted by molar-refractivity contribution is -0.149. The second kappa shape index (κ2) is 7.74. The normalized spacial score (nSPS) is 22.7. The number of Topliss-reactive ketones (excluding diaryl/α,β-unsaturated/α-hetero) is 1. The van der Waals surface area contributed by atoms with E-state index in [0.29, 0.717) is 16.9 Å². The zero-order chi connectivity index (χ0) is 19.5. The van der Waals surface area contributed by atoms with Crippen LogP contribution in [-0.4, -0.2) is 41.3 Å². The third kappa shape index (κ3) is 4.52. The fourth-order valence-corrected chi connectivity index (χ4v) is 2.77. The summed E-state index contributed by atoms with van der Waals surface area (Å²) in [5, 5.41) is 20.1. The number of benzene rings is 1. The van der Waals surface area contributed by atoms with Gasteiger partial charge in [-0.3, -0.25) is 4.79 Å². The van der Waals surface area contributed by atoms with Crippen molar-refractivity contribution in [1.29, 1.82) is 0 Å². The summed E-state index contributed by atoms with van der Waals surface area (Å²) in [6.07, 6.45) is 2.53. The number of ether oxygens (including phenoxy) is 2. The highest BCUT2D eigenvalue weighted by Gasteiger charge is 2.39. The Balaban J connectivity index is 2.14. The summed E-state index contributed by atoms with van der Waals surface area (Å²) in [4.78, 5) is 24.2. The summed E-state index contributed by atoms with van der Waals surface area (Å²) < 4.78 is 10.4. The van der Waals surface area contributed by atoms with Gasteiger partial charge in [0.15, 0.2) is 17.3 Å². The summed E-state index contributed by atoms with van der Waals surface area (Å²) in [5.41, 5.74) is 0.407. The van der Waals surface area contributed by atoms with E-state index in [1.807, 2.05) is 0 Å². The summed E-state index contributed by atoms with van der Waals surface area (Å²) >= 11 is 0. The van der Waals surface area contributed by atoms with Gasteiger partial charge in [-0.1, -0.05) is 19.9 Å². The molecule has 1 aromatic rings. The van der Waals surface area contributed by atoms with Crippen molar-refractivity contribution < 1.29 is 29.3 Å². The van der Waals surface area contributed by atoms with E-state index in [9.17, 15) is 19.8 Å². The minimum Gasteiger partial charge on any atom is -0.504 e. The van der Waals surface area contributed by atoms with Crippen molar-refractivity contribution in [2.24, 2.45) is 5.41 Å². The molecule has 6 nitrogen and oxygen atoms in total. The van der Waals surface area contributed by atoms with Gasteiger partial charge in [0.2, 0.25) is 0 Å². The Morgan fingerprint density at radius 3 is 2.69 bits per heavy atom. The molecule has 2 unspecified atom stereocenters. The first-order valence-corrected chi connectivity index (χ1v) is 8.29. The predicted octanol–water partition coefficient (Wildman–Crippen LogP) is 2.63. The molecule has 1 aliphatic rings. The Morgan fingerprint density at radius 1 is 1.35 bits per heavy atom. The number of carbonyl (C=O) groups excluding carboxylic acids is 2. The Labute approximate surface area is 152 Å². The predicted molar refractivity (Wildman–Crippen MR) is 96.7 cm³/mol. The number of aliphatic hydroxyl groups excluding tert-OH is 1. The third-order valence-corrected chi connectivity index (χ3v) is 4.45. The first kappa shape index (κ1) is 19.7. The van der Waals surface area contributed by atoms with Crippen LogP contribution in [0.25, 0.3) is 6.08 Å². The van der Waals surface area contributed by atoms with Crippen LogP contribution in [0.3, 0.4) is 0 Å². The van der Waals surface area contributed by atoms with Crippen molar-refractivity contribution in [2.75, 3.05) is 7.11 Å². The number of esters is 1. The lowest BCUT2D eigenvalue weighted by atomic mass is 9.80. The van der Waals surface area contributed by atoms with Gasteiger partial charge in [0.1, 0.15) is 12.2 Å². The summed E-state index contributed by atoms with van der Waals surface area (Å²) in [6, 6.07) is 4.65. The topological polar surface area (TPSA) is 93.1 Å². The lowest BCUT2D eigenvalue weighted by Gasteiger charge is -2.31. The molecule has 0 fully saturated rings. The van der Waals surface area contributed by atoms with Crippen LogP contribution >= 0.6 is 0 Å². The number of ketones is 1. The number of allylic oxidation sites excluding steroid dienone is 1. The van der Waals surface area contributed by atoms with Gasteiger partial charge >= 0.3 is 5.97 Å². The molecule has 26 heavy (non-hydrogen) atoms. The van der Waals surface area contributed by atoms with Crippen LogP contribution in [0.2, 0.25) is 0 Å². The van der Waals surface area contributed by atoms with E-state index in [-0.39, 0.29) is 18.0 Å². The number of phenols is 1. The summed E-state index contributed by atoms with van der Waals surface area (Å²) in [5.74, 6) is -0.422. The van der Waals surface area contributed by atoms with Crippen molar-refractivity contribution >= 4 is 17.8 Å². The van der Waals surface area contributed by atoms with Gasteiger partial charge < -0.3 is 19.7 Å². The molecular weight excluding hydrogens is 336 g/mol. The Morgan fingerprint density at radius 2 is 2.04 bits per heavy atom. The highest BCUT2D eigenvalue weighted by atomic mass is 16.6. The van der Waals surface area contributed by atoms with Gasteiger partial charge in [-0.25, -0.2) is 4.79 Å². The number of aliphatic hydroxyl groups is 1. The number of methoxy groups -OCH3 is 1. The van der Waals surface area contributed by atoms with Gasteiger partial charge in [-0.05, 0) is 42.3 Å². The summed E-state index contributed by atoms with van der Waals surface area (Å²) in [6.45, 7) is 5.18. The molecule has 1 aliphatic carbocycles. The molecule has 1 aromatic carbocycles. The average Bonchev–Trinajstić information content (AvgIpc) is 2.65. The largest absolute Gasteiger partial charge is 0.504 e. The number of hydrogen-bond acceptors (Lipinski definition) is 6. The zero-order valence-electron chi connectivity index (χ0n) is 15.4. The minimum atomic E-state index is -0.991. The van der Waals surface area contributed by atoms with Gasteiger partial charge in [0.05, 0.1) is 7.11 Å². The summed E-state index contributed by atoms with van der Waals surface area (Å²) in [7, 11) is 1.43. The molecule has 0 amide bonds. The Kier molecular flexibility index (Phi) is 5.87. The highest BCUT2D eigenvalue weighted by Crippen LogP contribution is 2.33. The molecule has 2 rings (SSSR count). The van der Waals surface area contributed by atoms with Crippen LogP contribution in [0.1, 0.15) is 32.8 Å². The molecule has 0 spiro atoms. The number of carbonyl (C=O) groups is 2.